The second-order valence-electron chi connectivity index (χ2n) is 7.79. The van der Waals surface area contributed by atoms with Gasteiger partial charge in [0.15, 0.2) is 0 Å². The summed E-state index contributed by atoms with van der Waals surface area (Å²) < 4.78 is 13.3. The summed E-state index contributed by atoms with van der Waals surface area (Å²) >= 11 is 0. The van der Waals surface area contributed by atoms with Crippen molar-refractivity contribution in [2.75, 3.05) is 26.7 Å². The molecular weight excluding hydrogens is 437 g/mol. The van der Waals surface area contributed by atoms with Crippen molar-refractivity contribution in [2.45, 2.75) is 33.6 Å². The first-order valence-corrected chi connectivity index (χ1v) is 10.9. The number of hydrogen-bond acceptors (Lipinski definition) is 6. The highest BCUT2D eigenvalue weighted by atomic mass is 19.1. The van der Waals surface area contributed by atoms with Crippen LogP contribution in [0.3, 0.4) is 0 Å². The largest absolute Gasteiger partial charge is 0.329 e. The second kappa shape index (κ2) is 13.8. The van der Waals surface area contributed by atoms with Gasteiger partial charge in [0.25, 0.3) is 5.91 Å². The van der Waals surface area contributed by atoms with Gasteiger partial charge in [0.2, 0.25) is 5.91 Å². The molecule has 1 rings (SSSR count). The van der Waals surface area contributed by atoms with E-state index >= 15 is 0 Å². The van der Waals surface area contributed by atoms with Crippen LogP contribution in [0.1, 0.15) is 33.6 Å². The minimum Gasteiger partial charge on any atom is -0.329 e. The van der Waals surface area contributed by atoms with Crippen LogP contribution in [0, 0.1) is 0 Å². The minimum atomic E-state index is -0.531. The maximum atomic E-state index is 13.3. The number of halogens is 1. The van der Waals surface area contributed by atoms with E-state index in [1.807, 2.05) is 13.0 Å². The maximum absolute atomic E-state index is 13.3. The van der Waals surface area contributed by atoms with Crippen LogP contribution in [-0.4, -0.2) is 65.8 Å². The Bertz CT molecular complexity index is 962. The lowest BCUT2D eigenvalue weighted by atomic mass is 10.1. The summed E-state index contributed by atoms with van der Waals surface area (Å²) in [5, 5.41) is 7.75. The molecule has 1 N–H and O–H groups in total. The van der Waals surface area contributed by atoms with Crippen LogP contribution in [0.15, 0.2) is 77.3 Å². The van der Waals surface area contributed by atoms with Crippen LogP contribution in [0.25, 0.3) is 0 Å². The van der Waals surface area contributed by atoms with Crippen LogP contribution < -0.4 is 5.32 Å². The second-order valence-corrected chi connectivity index (χ2v) is 7.79. The molecule has 0 aliphatic carbocycles. The first-order valence-electron chi connectivity index (χ1n) is 10.9. The summed E-state index contributed by atoms with van der Waals surface area (Å²) in [6.07, 6.45) is 8.44. The number of Topliss-reactive ketones (excluding diaryl/α,β-unsaturated/α-hetero) is 1. The number of hydrogen-bond donors (Lipinski definition) is 1. The summed E-state index contributed by atoms with van der Waals surface area (Å²) in [4.78, 5) is 41.0. The van der Waals surface area contributed by atoms with Gasteiger partial charge in [-0.25, -0.2) is 4.39 Å². The normalized spacial score (nSPS) is 16.3. The van der Waals surface area contributed by atoms with E-state index in [0.29, 0.717) is 29.2 Å². The number of ketones is 1. The molecule has 0 bridgehead atoms. The Kier molecular flexibility index (Phi) is 11.6. The fraction of sp³-hybridized carbons (Fsp3) is 0.360. The van der Waals surface area contributed by atoms with E-state index < -0.39 is 17.6 Å². The van der Waals surface area contributed by atoms with Gasteiger partial charge in [-0.3, -0.25) is 19.3 Å². The lowest BCUT2D eigenvalue weighted by molar-refractivity contribution is -0.129. The molecule has 9 heteroatoms. The lowest BCUT2D eigenvalue weighted by Gasteiger charge is -2.38. The number of carbonyl (C=O) groups excluding carboxylic acids is 3. The molecule has 34 heavy (non-hydrogen) atoms. The number of unbranched alkanes of at least 4 members (excludes halogenated alkanes) is 1. The Balaban J connectivity index is 3.42. The lowest BCUT2D eigenvalue weighted by Crippen LogP contribution is -2.47. The number of carbonyl (C=O) groups is 3. The standard InChI is InChI=1S/C25H34FN5O3/c1-8-11-12-24-30(17-23(33)28-18(4)13-14-20(26)9-2)22(10-3)21(25(34)31(24)27-6)16-29(7)15-19(5)32/h9-10,12-14H,2-3,6,8,11,15-17H2,1,4-5,7H3,(H,28,33)/b18-13+,20-14+,24-12-. The molecule has 1 aliphatic rings. The van der Waals surface area contributed by atoms with Crippen LogP contribution in [0.4, 0.5) is 4.39 Å². The van der Waals surface area contributed by atoms with E-state index in [9.17, 15) is 18.8 Å². The molecule has 0 saturated carbocycles. The topological polar surface area (TPSA) is 85.3 Å². The monoisotopic (exact) mass is 471 g/mol. The summed E-state index contributed by atoms with van der Waals surface area (Å²) in [7, 11) is 1.72. The average molecular weight is 472 g/mol. The molecule has 0 aromatic heterocycles. The number of hydrazone groups is 1. The van der Waals surface area contributed by atoms with E-state index in [1.54, 1.807) is 23.8 Å². The van der Waals surface area contributed by atoms with Crippen LogP contribution in [0.2, 0.25) is 0 Å². The highest BCUT2D eigenvalue weighted by molar-refractivity contribution is 5.98. The fourth-order valence-electron chi connectivity index (χ4n) is 3.32. The first kappa shape index (κ1) is 28.4. The zero-order valence-corrected chi connectivity index (χ0v) is 20.4. The molecule has 0 spiro atoms. The smallest absolute Gasteiger partial charge is 0.279 e. The van der Waals surface area contributed by atoms with Gasteiger partial charge in [0.05, 0.1) is 17.8 Å². The van der Waals surface area contributed by atoms with Crippen molar-refractivity contribution in [3.05, 3.63) is 72.2 Å². The summed E-state index contributed by atoms with van der Waals surface area (Å²) in [5.74, 6) is -0.978. The number of nitrogens with one attached hydrogen (secondary N) is 1. The Hall–Kier alpha value is -3.59. The van der Waals surface area contributed by atoms with Crippen LogP contribution in [-0.2, 0) is 14.4 Å². The van der Waals surface area contributed by atoms with Crippen LogP contribution >= 0.6 is 0 Å². The van der Waals surface area contributed by atoms with Gasteiger partial charge in [-0.05, 0) is 57.7 Å². The molecule has 0 aromatic rings. The number of likely N-dealkylation sites (N-methyl/N-ethyl adjacent to an activating group) is 1. The third-order valence-electron chi connectivity index (χ3n) is 4.74. The molecule has 0 atom stereocenters. The number of nitrogens with zero attached hydrogens (tertiary/aromatic N) is 4. The Morgan fingerprint density at radius 3 is 2.44 bits per heavy atom. The van der Waals surface area contributed by atoms with Crippen molar-refractivity contribution in [3.8, 4) is 0 Å². The van der Waals surface area contributed by atoms with Crippen molar-refractivity contribution in [1.29, 1.82) is 0 Å². The van der Waals surface area contributed by atoms with E-state index in [1.165, 1.54) is 25.2 Å². The van der Waals surface area contributed by atoms with E-state index in [0.717, 1.165) is 17.5 Å². The SMILES string of the molecule is C=CC1=C(CN(C)CC(C)=O)C(=O)N(N=C)/C(=C\CCC)N1CC(=O)N/C(C)=C/C=C(/F)C=C. The number of allylic oxidation sites excluding steroid dienone is 7. The molecule has 1 heterocycles. The molecular formula is C25H34FN5O3. The van der Waals surface area contributed by atoms with Crippen LogP contribution in [0.5, 0.6) is 0 Å². The summed E-state index contributed by atoms with van der Waals surface area (Å²) in [6.45, 7) is 15.9. The third-order valence-corrected chi connectivity index (χ3v) is 4.74. The molecule has 0 saturated heterocycles. The number of amides is 2. The Morgan fingerprint density at radius 2 is 1.91 bits per heavy atom. The molecule has 0 aromatic carbocycles. The predicted octanol–water partition coefficient (Wildman–Crippen LogP) is 3.41. The van der Waals surface area contributed by atoms with Gasteiger partial charge >= 0.3 is 0 Å². The summed E-state index contributed by atoms with van der Waals surface area (Å²) in [6, 6.07) is 0. The zero-order valence-electron chi connectivity index (χ0n) is 20.4. The Morgan fingerprint density at radius 1 is 1.24 bits per heavy atom. The van der Waals surface area contributed by atoms with E-state index in [2.05, 4.69) is 30.3 Å². The predicted molar refractivity (Wildman–Crippen MR) is 133 cm³/mol. The highest BCUT2D eigenvalue weighted by Crippen LogP contribution is 2.30. The van der Waals surface area contributed by atoms with Gasteiger partial charge in [0.1, 0.15) is 24.0 Å². The molecule has 0 fully saturated rings. The zero-order chi connectivity index (χ0) is 25.8. The van der Waals surface area contributed by atoms with Gasteiger partial charge in [-0.2, -0.15) is 10.1 Å². The molecule has 2 amide bonds. The molecule has 0 unspecified atom stereocenters. The first-order chi connectivity index (χ1) is 16.1. The van der Waals surface area contributed by atoms with Gasteiger partial charge in [-0.1, -0.05) is 26.5 Å². The van der Waals surface area contributed by atoms with E-state index in [-0.39, 0.29) is 25.4 Å². The molecule has 0 radical (unpaired) electrons. The van der Waals surface area contributed by atoms with Crippen molar-refractivity contribution in [3.63, 3.8) is 0 Å². The average Bonchev–Trinajstić information content (AvgIpc) is 2.77. The minimum absolute atomic E-state index is 0.0471. The van der Waals surface area contributed by atoms with Crippen molar-refractivity contribution >= 4 is 24.3 Å². The van der Waals surface area contributed by atoms with Gasteiger partial charge in [0, 0.05) is 19.0 Å². The molecule has 8 nitrogen and oxygen atoms in total. The van der Waals surface area contributed by atoms with Crippen molar-refractivity contribution < 1.29 is 18.8 Å². The third kappa shape index (κ3) is 8.08. The Labute approximate surface area is 201 Å². The van der Waals surface area contributed by atoms with Gasteiger partial charge < -0.3 is 10.2 Å². The van der Waals surface area contributed by atoms with Gasteiger partial charge in [-0.15, -0.1) is 0 Å². The highest BCUT2D eigenvalue weighted by Gasteiger charge is 2.36. The quantitative estimate of drug-likeness (QED) is 0.329. The van der Waals surface area contributed by atoms with Crippen molar-refractivity contribution in [2.24, 2.45) is 5.10 Å². The number of rotatable bonds is 13. The fourth-order valence-corrected chi connectivity index (χ4v) is 3.32. The maximum Gasteiger partial charge on any atom is 0.279 e. The molecule has 184 valence electrons. The summed E-state index contributed by atoms with van der Waals surface area (Å²) in [5.41, 5.74) is 1.20. The molecule has 1 aliphatic heterocycles. The van der Waals surface area contributed by atoms with E-state index in [4.69, 9.17) is 0 Å². The van der Waals surface area contributed by atoms with Crippen molar-refractivity contribution in [1.82, 2.24) is 20.1 Å².